The molecule has 0 radical (unpaired) electrons. The average Bonchev–Trinajstić information content (AvgIpc) is 2.46. The van der Waals surface area contributed by atoms with E-state index in [2.05, 4.69) is 4.98 Å². The predicted octanol–water partition coefficient (Wildman–Crippen LogP) is 3.65. The van der Waals surface area contributed by atoms with Crippen molar-refractivity contribution in [3.05, 3.63) is 67.9 Å². The molecule has 0 saturated carbocycles. The van der Waals surface area contributed by atoms with Crippen molar-refractivity contribution in [2.24, 2.45) is 0 Å². The number of carbonyl (C=O) groups excluding carboxylic acids is 1. The third kappa shape index (κ3) is 3.90. The van der Waals surface area contributed by atoms with E-state index in [1.807, 2.05) is 0 Å². The molecule has 0 fully saturated rings. The van der Waals surface area contributed by atoms with Gasteiger partial charge in [-0.3, -0.25) is 10.1 Å². The molecule has 0 N–H and O–H groups in total. The Hall–Kier alpha value is -2.18. The van der Waals surface area contributed by atoms with E-state index in [0.29, 0.717) is 5.02 Å². The van der Waals surface area contributed by atoms with Crippen LogP contribution in [0, 0.1) is 10.1 Å². The maximum absolute atomic E-state index is 11.9. The van der Waals surface area contributed by atoms with Crippen molar-refractivity contribution >= 4 is 34.9 Å². The summed E-state index contributed by atoms with van der Waals surface area (Å²) in [4.78, 5) is 25.5. The largest absolute Gasteiger partial charge is 0.457 e. The molecule has 0 amide bonds. The molecule has 0 bridgehead atoms. The molecule has 0 spiro atoms. The second kappa shape index (κ2) is 6.51. The lowest BCUT2D eigenvalue weighted by Gasteiger charge is -2.06. The van der Waals surface area contributed by atoms with Gasteiger partial charge in [-0.2, -0.15) is 0 Å². The molecule has 2 rings (SSSR count). The zero-order valence-electron chi connectivity index (χ0n) is 10.5. The molecule has 1 heterocycles. The maximum Gasteiger partial charge on any atom is 0.341 e. The van der Waals surface area contributed by atoms with Gasteiger partial charge >= 0.3 is 5.97 Å². The van der Waals surface area contributed by atoms with Crippen molar-refractivity contribution in [3.63, 3.8) is 0 Å². The molecule has 0 aliphatic heterocycles. The van der Waals surface area contributed by atoms with Crippen LogP contribution in [0.4, 0.5) is 5.69 Å². The minimum atomic E-state index is -0.786. The van der Waals surface area contributed by atoms with Crippen LogP contribution in [-0.2, 0) is 11.3 Å². The Morgan fingerprint density at radius 3 is 2.57 bits per heavy atom. The van der Waals surface area contributed by atoms with Gasteiger partial charge < -0.3 is 4.74 Å². The van der Waals surface area contributed by atoms with E-state index in [1.54, 1.807) is 24.3 Å². The summed E-state index contributed by atoms with van der Waals surface area (Å²) in [5, 5.41) is 11.1. The lowest BCUT2D eigenvalue weighted by molar-refractivity contribution is -0.385. The number of esters is 1. The Balaban J connectivity index is 2.11. The zero-order valence-corrected chi connectivity index (χ0v) is 12.0. The normalized spacial score (nSPS) is 10.2. The summed E-state index contributed by atoms with van der Waals surface area (Å²) >= 11 is 11.5. The monoisotopic (exact) mass is 326 g/mol. The number of rotatable bonds is 4. The second-order valence-electron chi connectivity index (χ2n) is 3.99. The van der Waals surface area contributed by atoms with Gasteiger partial charge in [-0.1, -0.05) is 35.3 Å². The van der Waals surface area contributed by atoms with E-state index in [9.17, 15) is 14.9 Å². The Morgan fingerprint density at radius 1 is 1.29 bits per heavy atom. The number of carbonyl (C=O) groups is 1. The van der Waals surface area contributed by atoms with E-state index in [4.69, 9.17) is 27.9 Å². The number of aromatic nitrogens is 1. The summed E-state index contributed by atoms with van der Waals surface area (Å²) in [6.45, 7) is -0.00494. The molecule has 0 unspecified atom stereocenters. The molecule has 1 aromatic heterocycles. The first-order valence-electron chi connectivity index (χ1n) is 5.69. The Morgan fingerprint density at radius 2 is 1.95 bits per heavy atom. The molecule has 8 heteroatoms. The number of halogens is 2. The number of benzene rings is 1. The van der Waals surface area contributed by atoms with Crippen LogP contribution in [0.15, 0.2) is 36.5 Å². The van der Waals surface area contributed by atoms with Crippen LogP contribution in [0.25, 0.3) is 0 Å². The Bertz CT molecular complexity index is 689. The van der Waals surface area contributed by atoms with Crippen molar-refractivity contribution < 1.29 is 14.5 Å². The number of nitro groups is 1. The molecule has 0 aliphatic carbocycles. The lowest BCUT2D eigenvalue weighted by Crippen LogP contribution is -2.07. The van der Waals surface area contributed by atoms with E-state index >= 15 is 0 Å². The molecule has 0 saturated heterocycles. The SMILES string of the molecule is O=C(OCc1ccc(Cl)cc1)c1cc([N+](=O)[O-])cnc1Cl. The fraction of sp³-hybridized carbons (Fsp3) is 0.0769. The smallest absolute Gasteiger partial charge is 0.341 e. The predicted molar refractivity (Wildman–Crippen MR) is 76.5 cm³/mol. The zero-order chi connectivity index (χ0) is 15.4. The van der Waals surface area contributed by atoms with Gasteiger partial charge in [-0.05, 0) is 17.7 Å². The summed E-state index contributed by atoms with van der Waals surface area (Å²) in [7, 11) is 0. The lowest BCUT2D eigenvalue weighted by atomic mass is 10.2. The first kappa shape index (κ1) is 15.2. The maximum atomic E-state index is 11.9. The molecular formula is C13H8Cl2N2O4. The molecule has 0 aliphatic rings. The Kier molecular flexibility index (Phi) is 4.72. The van der Waals surface area contributed by atoms with Gasteiger partial charge in [0.05, 0.1) is 4.92 Å². The summed E-state index contributed by atoms with van der Waals surface area (Å²) < 4.78 is 5.04. The topological polar surface area (TPSA) is 82.3 Å². The summed E-state index contributed by atoms with van der Waals surface area (Å²) in [6, 6.07) is 7.74. The highest BCUT2D eigenvalue weighted by atomic mass is 35.5. The summed E-state index contributed by atoms with van der Waals surface area (Å²) in [6.07, 6.45) is 0.971. The van der Waals surface area contributed by atoms with E-state index < -0.39 is 10.9 Å². The van der Waals surface area contributed by atoms with Crippen LogP contribution < -0.4 is 0 Å². The van der Waals surface area contributed by atoms with Gasteiger partial charge in [-0.15, -0.1) is 0 Å². The standard InChI is InChI=1S/C13H8Cl2N2O4/c14-9-3-1-8(2-4-9)7-21-13(18)11-5-10(17(19)20)6-16-12(11)15/h1-6H,7H2. The van der Waals surface area contributed by atoms with Crippen LogP contribution in [-0.4, -0.2) is 15.9 Å². The van der Waals surface area contributed by atoms with Crippen LogP contribution in [0.1, 0.15) is 15.9 Å². The van der Waals surface area contributed by atoms with Gasteiger partial charge in [0.15, 0.2) is 0 Å². The number of ether oxygens (including phenoxy) is 1. The van der Waals surface area contributed by atoms with Gasteiger partial charge in [0.2, 0.25) is 0 Å². The molecule has 1 aromatic carbocycles. The number of nitrogens with zero attached hydrogens (tertiary/aromatic N) is 2. The van der Waals surface area contributed by atoms with E-state index in [0.717, 1.165) is 17.8 Å². The average molecular weight is 327 g/mol. The first-order chi connectivity index (χ1) is 9.97. The van der Waals surface area contributed by atoms with Crippen LogP contribution in [0.5, 0.6) is 0 Å². The molecule has 6 nitrogen and oxygen atoms in total. The molecule has 108 valence electrons. The fourth-order valence-corrected chi connectivity index (χ4v) is 1.79. The van der Waals surface area contributed by atoms with E-state index in [-0.39, 0.29) is 23.0 Å². The highest BCUT2D eigenvalue weighted by molar-refractivity contribution is 6.32. The van der Waals surface area contributed by atoms with Crippen LogP contribution >= 0.6 is 23.2 Å². The minimum Gasteiger partial charge on any atom is -0.457 e. The number of hydrogen-bond donors (Lipinski definition) is 0. The highest BCUT2D eigenvalue weighted by Gasteiger charge is 2.18. The molecule has 2 aromatic rings. The summed E-state index contributed by atoms with van der Waals surface area (Å²) in [5.74, 6) is -0.786. The second-order valence-corrected chi connectivity index (χ2v) is 4.79. The van der Waals surface area contributed by atoms with Crippen LogP contribution in [0.2, 0.25) is 10.2 Å². The van der Waals surface area contributed by atoms with Crippen molar-refractivity contribution in [1.82, 2.24) is 4.98 Å². The Labute approximate surface area is 129 Å². The fourth-order valence-electron chi connectivity index (χ4n) is 1.49. The number of hydrogen-bond acceptors (Lipinski definition) is 5. The molecular weight excluding hydrogens is 319 g/mol. The first-order valence-corrected chi connectivity index (χ1v) is 6.44. The molecule has 21 heavy (non-hydrogen) atoms. The van der Waals surface area contributed by atoms with Crippen molar-refractivity contribution in [2.75, 3.05) is 0 Å². The van der Waals surface area contributed by atoms with Gasteiger partial charge in [0.1, 0.15) is 23.5 Å². The molecule has 0 atom stereocenters. The van der Waals surface area contributed by atoms with Gasteiger partial charge in [0.25, 0.3) is 5.69 Å². The van der Waals surface area contributed by atoms with Crippen molar-refractivity contribution in [2.45, 2.75) is 6.61 Å². The third-order valence-electron chi connectivity index (χ3n) is 2.54. The van der Waals surface area contributed by atoms with E-state index in [1.165, 1.54) is 0 Å². The quantitative estimate of drug-likeness (QED) is 0.370. The number of pyridine rings is 1. The summed E-state index contributed by atoms with van der Waals surface area (Å²) in [5.41, 5.74) is 0.236. The van der Waals surface area contributed by atoms with Crippen molar-refractivity contribution in [3.8, 4) is 0 Å². The van der Waals surface area contributed by atoms with Crippen molar-refractivity contribution in [1.29, 1.82) is 0 Å². The highest BCUT2D eigenvalue weighted by Crippen LogP contribution is 2.20. The van der Waals surface area contributed by atoms with Crippen LogP contribution in [0.3, 0.4) is 0 Å². The van der Waals surface area contributed by atoms with Gasteiger partial charge in [-0.25, -0.2) is 9.78 Å². The minimum absolute atomic E-state index is 0.00494. The van der Waals surface area contributed by atoms with Gasteiger partial charge in [0, 0.05) is 11.1 Å². The third-order valence-corrected chi connectivity index (χ3v) is 3.09.